The molecule has 6 heteroatoms. The molecule has 0 atom stereocenters. The normalized spacial score (nSPS) is 11.6. The largest absolute Gasteiger partial charge is 0.496 e. The summed E-state index contributed by atoms with van der Waals surface area (Å²) in [6.07, 6.45) is 0. The number of hydrogen-bond acceptors (Lipinski definition) is 3. The van der Waals surface area contributed by atoms with Crippen LogP contribution in [0.3, 0.4) is 0 Å². The third kappa shape index (κ3) is 3.68. The smallest absolute Gasteiger partial charge is 0.262 e. The van der Waals surface area contributed by atoms with Crippen molar-refractivity contribution in [2.75, 3.05) is 11.8 Å². The lowest BCUT2D eigenvalue weighted by atomic mass is 10.0. The standard InChI is InChI=1S/C18H22ClNO3S/c1-11(2)14-10-18(12(3)9-17(14)23-5)24(21,22)20-16-8-6-7-15(19)13(16)4/h6-11,20H,1-5H3. The van der Waals surface area contributed by atoms with Gasteiger partial charge in [0.1, 0.15) is 5.75 Å². The fraction of sp³-hybridized carbons (Fsp3) is 0.333. The second kappa shape index (κ2) is 7.03. The van der Waals surface area contributed by atoms with E-state index in [1.54, 1.807) is 51.3 Å². The summed E-state index contributed by atoms with van der Waals surface area (Å²) in [4.78, 5) is 0.242. The zero-order valence-electron chi connectivity index (χ0n) is 14.5. The number of anilines is 1. The monoisotopic (exact) mass is 367 g/mol. The van der Waals surface area contributed by atoms with Gasteiger partial charge in [-0.25, -0.2) is 8.42 Å². The highest BCUT2D eigenvalue weighted by Gasteiger charge is 2.22. The van der Waals surface area contributed by atoms with Crippen LogP contribution in [-0.4, -0.2) is 15.5 Å². The first-order valence-corrected chi connectivity index (χ1v) is 9.50. The minimum Gasteiger partial charge on any atom is -0.496 e. The first-order chi connectivity index (χ1) is 11.2. The van der Waals surface area contributed by atoms with Crippen molar-refractivity contribution in [3.63, 3.8) is 0 Å². The van der Waals surface area contributed by atoms with Gasteiger partial charge < -0.3 is 4.74 Å². The molecule has 130 valence electrons. The number of aryl methyl sites for hydroxylation is 1. The van der Waals surface area contributed by atoms with E-state index < -0.39 is 10.0 Å². The van der Waals surface area contributed by atoms with E-state index in [0.29, 0.717) is 27.6 Å². The highest BCUT2D eigenvalue weighted by Crippen LogP contribution is 2.33. The van der Waals surface area contributed by atoms with E-state index >= 15 is 0 Å². The molecule has 2 aromatic carbocycles. The summed E-state index contributed by atoms with van der Waals surface area (Å²) in [5, 5.41) is 0.518. The molecule has 24 heavy (non-hydrogen) atoms. The molecular formula is C18H22ClNO3S. The van der Waals surface area contributed by atoms with E-state index in [1.807, 2.05) is 13.8 Å². The zero-order chi connectivity index (χ0) is 18.1. The number of sulfonamides is 1. The Morgan fingerprint density at radius 1 is 1.17 bits per heavy atom. The molecule has 0 bridgehead atoms. The topological polar surface area (TPSA) is 55.4 Å². The molecule has 0 fully saturated rings. The van der Waals surface area contributed by atoms with E-state index in [2.05, 4.69) is 4.72 Å². The van der Waals surface area contributed by atoms with E-state index in [4.69, 9.17) is 16.3 Å². The van der Waals surface area contributed by atoms with Crippen LogP contribution in [0.25, 0.3) is 0 Å². The minimum absolute atomic E-state index is 0.141. The van der Waals surface area contributed by atoms with Crippen molar-refractivity contribution in [3.05, 3.63) is 52.0 Å². The van der Waals surface area contributed by atoms with Crippen LogP contribution in [0.1, 0.15) is 36.5 Å². The van der Waals surface area contributed by atoms with E-state index in [9.17, 15) is 8.42 Å². The summed E-state index contributed by atoms with van der Waals surface area (Å²) in [5.74, 6) is 0.836. The maximum Gasteiger partial charge on any atom is 0.262 e. The van der Waals surface area contributed by atoms with E-state index in [0.717, 1.165) is 5.56 Å². The van der Waals surface area contributed by atoms with Gasteiger partial charge >= 0.3 is 0 Å². The molecule has 0 radical (unpaired) electrons. The Labute approximate surface area is 148 Å². The SMILES string of the molecule is COc1cc(C)c(S(=O)(=O)Nc2cccc(Cl)c2C)cc1C(C)C. The van der Waals surface area contributed by atoms with Crippen molar-refractivity contribution in [3.8, 4) is 5.75 Å². The average Bonchev–Trinajstić information content (AvgIpc) is 2.50. The fourth-order valence-corrected chi connectivity index (χ4v) is 4.07. The number of nitrogens with one attached hydrogen (secondary N) is 1. The molecule has 0 saturated heterocycles. The van der Waals surface area contributed by atoms with E-state index in [-0.39, 0.29) is 10.8 Å². The average molecular weight is 368 g/mol. The molecule has 0 aromatic heterocycles. The summed E-state index contributed by atoms with van der Waals surface area (Å²) in [6.45, 7) is 7.53. The van der Waals surface area contributed by atoms with Gasteiger partial charge in [-0.2, -0.15) is 0 Å². The van der Waals surface area contributed by atoms with Crippen LogP contribution in [0.2, 0.25) is 5.02 Å². The van der Waals surface area contributed by atoms with Crippen LogP contribution >= 0.6 is 11.6 Å². The number of methoxy groups -OCH3 is 1. The molecule has 0 amide bonds. The van der Waals surface area contributed by atoms with Crippen molar-refractivity contribution in [1.82, 2.24) is 0 Å². The molecule has 0 spiro atoms. The van der Waals surface area contributed by atoms with Crippen LogP contribution < -0.4 is 9.46 Å². The van der Waals surface area contributed by atoms with Gasteiger partial charge in [0.25, 0.3) is 10.0 Å². The molecule has 2 aromatic rings. The number of rotatable bonds is 5. The molecule has 0 heterocycles. The Morgan fingerprint density at radius 3 is 2.42 bits per heavy atom. The minimum atomic E-state index is -3.73. The molecule has 0 aliphatic rings. The summed E-state index contributed by atoms with van der Waals surface area (Å²) in [6, 6.07) is 8.58. The Bertz CT molecular complexity index is 861. The van der Waals surface area contributed by atoms with Gasteiger partial charge in [-0.15, -0.1) is 0 Å². The van der Waals surface area contributed by atoms with Crippen molar-refractivity contribution < 1.29 is 13.2 Å². The fourth-order valence-electron chi connectivity index (χ4n) is 2.51. The van der Waals surface area contributed by atoms with Crippen LogP contribution in [0, 0.1) is 13.8 Å². The molecule has 0 saturated carbocycles. The Kier molecular flexibility index (Phi) is 5.45. The predicted octanol–water partition coefficient (Wildman–Crippen LogP) is 4.89. The van der Waals surface area contributed by atoms with Gasteiger partial charge in [0.15, 0.2) is 0 Å². The van der Waals surface area contributed by atoms with Crippen LogP contribution in [0.5, 0.6) is 5.75 Å². The Hall–Kier alpha value is -1.72. The first kappa shape index (κ1) is 18.6. The van der Waals surface area contributed by atoms with Crippen LogP contribution in [0.4, 0.5) is 5.69 Å². The predicted molar refractivity (Wildman–Crippen MR) is 98.8 cm³/mol. The third-order valence-electron chi connectivity index (χ3n) is 3.95. The number of hydrogen-bond donors (Lipinski definition) is 1. The van der Waals surface area contributed by atoms with Gasteiger partial charge in [0.05, 0.1) is 17.7 Å². The Balaban J connectivity index is 2.53. The highest BCUT2D eigenvalue weighted by atomic mass is 35.5. The second-order valence-corrected chi connectivity index (χ2v) is 8.09. The van der Waals surface area contributed by atoms with Gasteiger partial charge in [-0.3, -0.25) is 4.72 Å². The van der Waals surface area contributed by atoms with Gasteiger partial charge in [0.2, 0.25) is 0 Å². The summed E-state index contributed by atoms with van der Waals surface area (Å²) < 4.78 is 33.7. The maximum absolute atomic E-state index is 12.9. The molecule has 4 nitrogen and oxygen atoms in total. The highest BCUT2D eigenvalue weighted by molar-refractivity contribution is 7.92. The van der Waals surface area contributed by atoms with Crippen molar-refractivity contribution in [2.24, 2.45) is 0 Å². The summed E-state index contributed by atoms with van der Waals surface area (Å²) in [7, 11) is -2.14. The maximum atomic E-state index is 12.9. The second-order valence-electron chi connectivity index (χ2n) is 6.03. The first-order valence-electron chi connectivity index (χ1n) is 7.64. The lowest BCUT2D eigenvalue weighted by Crippen LogP contribution is -2.16. The van der Waals surface area contributed by atoms with Crippen molar-refractivity contribution in [2.45, 2.75) is 38.5 Å². The van der Waals surface area contributed by atoms with E-state index in [1.165, 1.54) is 0 Å². The summed E-state index contributed by atoms with van der Waals surface area (Å²) >= 11 is 6.07. The molecule has 0 aliphatic carbocycles. The number of ether oxygens (including phenoxy) is 1. The number of benzene rings is 2. The van der Waals surface area contributed by atoms with Crippen LogP contribution in [0.15, 0.2) is 35.2 Å². The molecule has 1 N–H and O–H groups in total. The molecule has 0 aliphatic heterocycles. The quantitative estimate of drug-likeness (QED) is 0.818. The Morgan fingerprint density at radius 2 is 1.83 bits per heavy atom. The molecule has 2 rings (SSSR count). The lowest BCUT2D eigenvalue weighted by Gasteiger charge is -2.17. The molecule has 0 unspecified atom stereocenters. The molecular weight excluding hydrogens is 346 g/mol. The summed E-state index contributed by atoms with van der Waals surface area (Å²) in [5.41, 5.74) is 2.65. The lowest BCUT2D eigenvalue weighted by molar-refractivity contribution is 0.406. The van der Waals surface area contributed by atoms with Gasteiger partial charge in [0, 0.05) is 5.02 Å². The van der Waals surface area contributed by atoms with Crippen molar-refractivity contribution >= 4 is 27.3 Å². The zero-order valence-corrected chi connectivity index (χ0v) is 16.0. The van der Waals surface area contributed by atoms with Crippen molar-refractivity contribution in [1.29, 1.82) is 0 Å². The third-order valence-corrected chi connectivity index (χ3v) is 5.87. The number of halogens is 1. The van der Waals surface area contributed by atoms with Crippen LogP contribution in [-0.2, 0) is 10.0 Å². The van der Waals surface area contributed by atoms with Gasteiger partial charge in [-0.05, 0) is 60.7 Å². The van der Waals surface area contributed by atoms with Gasteiger partial charge in [-0.1, -0.05) is 31.5 Å².